The molecule has 1 aliphatic heterocycles. The van der Waals surface area contributed by atoms with Crippen molar-refractivity contribution in [3.8, 4) is 12.1 Å². The fourth-order valence-corrected chi connectivity index (χ4v) is 5.78. The Morgan fingerprint density at radius 3 is 2.68 bits per heavy atom. The number of benzene rings is 1. The van der Waals surface area contributed by atoms with E-state index in [2.05, 4.69) is 42.7 Å². The molecule has 1 aromatic carbocycles. The van der Waals surface area contributed by atoms with Gasteiger partial charge in [0.2, 0.25) is 5.95 Å². The second kappa shape index (κ2) is 10.1. The van der Waals surface area contributed by atoms with Crippen LogP contribution in [0.1, 0.15) is 61.3 Å². The monoisotopic (exact) mass is 517 g/mol. The number of fused-ring (bicyclic) bond motifs is 1. The zero-order valence-corrected chi connectivity index (χ0v) is 21.2. The fourth-order valence-electron chi connectivity index (χ4n) is 5.47. The van der Waals surface area contributed by atoms with Gasteiger partial charge in [0.1, 0.15) is 6.07 Å². The van der Waals surface area contributed by atoms with Crippen molar-refractivity contribution in [3.05, 3.63) is 40.2 Å². The van der Waals surface area contributed by atoms with Gasteiger partial charge in [-0.2, -0.15) is 20.0 Å². The number of ether oxygens (including phenoxy) is 1. The third-order valence-electron chi connectivity index (χ3n) is 7.52. The van der Waals surface area contributed by atoms with Crippen molar-refractivity contribution in [2.45, 2.75) is 56.5 Å². The molecule has 2 saturated carbocycles. The first-order chi connectivity index (χ1) is 18.1. The van der Waals surface area contributed by atoms with Gasteiger partial charge in [-0.3, -0.25) is 4.90 Å². The first-order valence-corrected chi connectivity index (χ1v) is 13.3. The Balaban J connectivity index is 1.32. The van der Waals surface area contributed by atoms with Crippen LogP contribution in [0.2, 0.25) is 5.02 Å². The summed E-state index contributed by atoms with van der Waals surface area (Å²) >= 11 is 7.00. The summed E-state index contributed by atoms with van der Waals surface area (Å²) in [5.74, 6) is 1.11. The maximum absolute atomic E-state index is 9.80. The average molecular weight is 518 g/mol. The molecule has 2 aromatic heterocycles. The summed E-state index contributed by atoms with van der Waals surface area (Å²) in [6.07, 6.45) is 7.96. The Bertz CT molecular complexity index is 1400. The zero-order valence-electron chi connectivity index (χ0n) is 20.5. The third kappa shape index (κ3) is 4.93. The second-order valence-electron chi connectivity index (χ2n) is 10.0. The van der Waals surface area contributed by atoms with E-state index in [1.807, 2.05) is 6.07 Å². The Kier molecular flexibility index (Phi) is 6.56. The fraction of sp³-hybridized carbons (Fsp3) is 0.500. The molecule has 0 unspecified atom stereocenters. The molecule has 6 rings (SSSR count). The normalized spacial score (nSPS) is 22.4. The molecule has 190 valence electrons. The highest BCUT2D eigenvalue weighted by molar-refractivity contribution is 6.34. The van der Waals surface area contributed by atoms with E-state index in [4.69, 9.17) is 16.3 Å². The number of nitrogens with zero attached hydrogens (tertiary/aromatic N) is 7. The molecule has 3 fully saturated rings. The second-order valence-corrected chi connectivity index (χ2v) is 10.4. The van der Waals surface area contributed by atoms with E-state index in [1.165, 1.54) is 17.1 Å². The summed E-state index contributed by atoms with van der Waals surface area (Å²) in [5.41, 5.74) is 2.92. The summed E-state index contributed by atoms with van der Waals surface area (Å²) in [4.78, 5) is 11.5. The molecule has 3 aromatic rings. The topological polar surface area (TPSA) is 127 Å². The van der Waals surface area contributed by atoms with Crippen molar-refractivity contribution in [3.63, 3.8) is 0 Å². The molecule has 0 amide bonds. The van der Waals surface area contributed by atoms with Crippen LogP contribution in [0, 0.1) is 22.7 Å². The van der Waals surface area contributed by atoms with Gasteiger partial charge in [0, 0.05) is 25.2 Å². The van der Waals surface area contributed by atoms with Gasteiger partial charge in [0.25, 0.3) is 0 Å². The van der Waals surface area contributed by atoms with E-state index in [-0.39, 0.29) is 11.9 Å². The van der Waals surface area contributed by atoms with E-state index in [0.29, 0.717) is 45.5 Å². The van der Waals surface area contributed by atoms with Crippen LogP contribution in [0.25, 0.3) is 5.65 Å². The lowest BCUT2D eigenvalue weighted by Crippen LogP contribution is -2.45. The maximum atomic E-state index is 9.80. The standard InChI is InChI=1S/C26H28ClN9O/c27-23-21(17-2-1-3-19(12-17)35-6-8-37-9-7-35)10-16(13-28)11-22(23)32-26-33-24(31-18-4-5-18)25-30-15-20(14-29)36(25)34-26/h10-11,15,17-19H,1-9,12H2,(H2,31,32,33,34)/t17-,19-/m1/s1. The summed E-state index contributed by atoms with van der Waals surface area (Å²) in [7, 11) is 0. The number of aromatic nitrogens is 4. The van der Waals surface area contributed by atoms with Crippen LogP contribution in [-0.2, 0) is 4.74 Å². The van der Waals surface area contributed by atoms with Gasteiger partial charge < -0.3 is 15.4 Å². The molecule has 10 nitrogen and oxygen atoms in total. The molecular formula is C26H28ClN9O. The summed E-state index contributed by atoms with van der Waals surface area (Å²) in [5, 5.41) is 31.0. The summed E-state index contributed by atoms with van der Waals surface area (Å²) < 4.78 is 7.03. The molecule has 37 heavy (non-hydrogen) atoms. The quantitative estimate of drug-likeness (QED) is 0.494. The van der Waals surface area contributed by atoms with Gasteiger partial charge >= 0.3 is 0 Å². The minimum Gasteiger partial charge on any atom is -0.379 e. The molecule has 0 radical (unpaired) electrons. The van der Waals surface area contributed by atoms with E-state index in [0.717, 1.165) is 64.0 Å². The zero-order chi connectivity index (χ0) is 25.4. The van der Waals surface area contributed by atoms with E-state index in [1.54, 1.807) is 6.07 Å². The van der Waals surface area contributed by atoms with E-state index in [9.17, 15) is 10.5 Å². The van der Waals surface area contributed by atoms with Gasteiger partial charge in [-0.05, 0) is 55.7 Å². The van der Waals surface area contributed by atoms with E-state index < -0.39 is 0 Å². The number of halogens is 1. The molecule has 3 aliphatic rings. The Morgan fingerprint density at radius 2 is 1.92 bits per heavy atom. The van der Waals surface area contributed by atoms with Gasteiger partial charge in [0.15, 0.2) is 17.2 Å². The van der Waals surface area contributed by atoms with Gasteiger partial charge in [-0.15, -0.1) is 5.10 Å². The minimum absolute atomic E-state index is 0.261. The van der Waals surface area contributed by atoms with Crippen molar-refractivity contribution in [2.24, 2.45) is 0 Å². The molecule has 0 bridgehead atoms. The van der Waals surface area contributed by atoms with Crippen LogP contribution >= 0.6 is 11.6 Å². The van der Waals surface area contributed by atoms with Crippen molar-refractivity contribution < 1.29 is 4.74 Å². The Hall–Kier alpha value is -3.44. The third-order valence-corrected chi connectivity index (χ3v) is 7.94. The van der Waals surface area contributed by atoms with Gasteiger partial charge in [-0.1, -0.05) is 18.0 Å². The number of hydrogen-bond donors (Lipinski definition) is 2. The molecule has 1 saturated heterocycles. The van der Waals surface area contributed by atoms with Crippen LogP contribution in [0.5, 0.6) is 0 Å². The number of anilines is 3. The first kappa shape index (κ1) is 23.9. The highest BCUT2D eigenvalue weighted by Crippen LogP contribution is 2.42. The van der Waals surface area contributed by atoms with Crippen LogP contribution in [0.4, 0.5) is 17.5 Å². The number of nitriles is 2. The number of rotatable bonds is 6. The predicted octanol–water partition coefficient (Wildman–Crippen LogP) is 4.20. The van der Waals surface area contributed by atoms with Crippen LogP contribution in [-0.4, -0.2) is 62.9 Å². The summed E-state index contributed by atoms with van der Waals surface area (Å²) in [6, 6.07) is 8.90. The molecule has 2 atom stereocenters. The lowest BCUT2D eigenvalue weighted by Gasteiger charge is -2.39. The van der Waals surface area contributed by atoms with E-state index >= 15 is 0 Å². The van der Waals surface area contributed by atoms with Gasteiger partial charge in [-0.25, -0.2) is 4.98 Å². The SMILES string of the molecule is N#Cc1cc(Nc2nc(NC3CC3)c3ncc(C#N)n3n2)c(Cl)c([C@@H]2CCC[C@@H](N3CCOCC3)C2)c1. The molecule has 0 spiro atoms. The van der Waals surface area contributed by atoms with Crippen molar-refractivity contribution >= 4 is 34.7 Å². The van der Waals surface area contributed by atoms with Crippen molar-refractivity contribution in [1.29, 1.82) is 10.5 Å². The molecule has 2 N–H and O–H groups in total. The van der Waals surface area contributed by atoms with Crippen molar-refractivity contribution in [2.75, 3.05) is 36.9 Å². The summed E-state index contributed by atoms with van der Waals surface area (Å²) in [6.45, 7) is 3.50. The largest absolute Gasteiger partial charge is 0.379 e. The molecule has 3 heterocycles. The lowest BCUT2D eigenvalue weighted by molar-refractivity contribution is 0.00658. The Labute approximate surface area is 220 Å². The van der Waals surface area contributed by atoms with Crippen LogP contribution in [0.15, 0.2) is 18.3 Å². The smallest absolute Gasteiger partial charge is 0.247 e. The Morgan fingerprint density at radius 1 is 1.08 bits per heavy atom. The first-order valence-electron chi connectivity index (χ1n) is 12.9. The van der Waals surface area contributed by atoms with Crippen LogP contribution in [0.3, 0.4) is 0 Å². The number of hydrogen-bond acceptors (Lipinski definition) is 9. The molecular weight excluding hydrogens is 490 g/mol. The number of nitrogens with one attached hydrogen (secondary N) is 2. The molecule has 11 heteroatoms. The van der Waals surface area contributed by atoms with Crippen LogP contribution < -0.4 is 10.6 Å². The highest BCUT2D eigenvalue weighted by atomic mass is 35.5. The average Bonchev–Trinajstić information content (AvgIpc) is 3.66. The van der Waals surface area contributed by atoms with Crippen molar-refractivity contribution in [1.82, 2.24) is 24.5 Å². The predicted molar refractivity (Wildman–Crippen MR) is 139 cm³/mol. The van der Waals surface area contributed by atoms with Gasteiger partial charge in [0.05, 0.1) is 41.8 Å². The maximum Gasteiger partial charge on any atom is 0.247 e. The molecule has 2 aliphatic carbocycles. The number of imidazole rings is 1. The highest BCUT2D eigenvalue weighted by Gasteiger charge is 2.30. The lowest BCUT2D eigenvalue weighted by atomic mass is 9.80. The number of morpholine rings is 1. The minimum atomic E-state index is 0.261.